The minimum absolute atomic E-state index is 0.0283. The first-order valence-electron chi connectivity index (χ1n) is 7.37. The van der Waals surface area contributed by atoms with Crippen LogP contribution >= 0.6 is 7.75 Å². The second kappa shape index (κ2) is 7.13. The summed E-state index contributed by atoms with van der Waals surface area (Å²) in [7, 11) is -4.60. The molecular formula is C16H20NO6P. The van der Waals surface area contributed by atoms with Gasteiger partial charge in [0.05, 0.1) is 5.69 Å². The van der Waals surface area contributed by atoms with Crippen molar-refractivity contribution in [3.8, 4) is 17.2 Å². The monoisotopic (exact) mass is 353 g/mol. The van der Waals surface area contributed by atoms with Gasteiger partial charge >= 0.3 is 7.75 Å². The van der Waals surface area contributed by atoms with Gasteiger partial charge in [-0.3, -0.25) is 5.09 Å². The third-order valence-electron chi connectivity index (χ3n) is 3.76. The molecule has 8 heteroatoms. The van der Waals surface area contributed by atoms with Crippen LogP contribution in [-0.2, 0) is 11.0 Å². The highest BCUT2D eigenvalue weighted by Gasteiger charge is 2.21. The van der Waals surface area contributed by atoms with Crippen LogP contribution < -0.4 is 5.09 Å². The van der Waals surface area contributed by atoms with E-state index in [-0.39, 0.29) is 40.8 Å². The molecule has 1 unspecified atom stereocenters. The molecule has 1 atom stereocenters. The molecule has 0 bridgehead atoms. The highest BCUT2D eigenvalue weighted by atomic mass is 31.2. The van der Waals surface area contributed by atoms with Crippen LogP contribution in [0.15, 0.2) is 36.4 Å². The molecule has 0 aliphatic carbocycles. The molecule has 130 valence electrons. The SMILES string of the molecule is CCC(Cc1c(O)cc(O)cc1NP(=O)(O)O)c1cccc(O)c1. The van der Waals surface area contributed by atoms with Gasteiger partial charge in [0.25, 0.3) is 0 Å². The van der Waals surface area contributed by atoms with Crippen molar-refractivity contribution in [1.82, 2.24) is 0 Å². The molecule has 0 saturated carbocycles. The van der Waals surface area contributed by atoms with E-state index in [4.69, 9.17) is 9.79 Å². The van der Waals surface area contributed by atoms with Gasteiger partial charge in [0.15, 0.2) is 0 Å². The lowest BCUT2D eigenvalue weighted by atomic mass is 9.89. The molecule has 0 aliphatic heterocycles. The van der Waals surface area contributed by atoms with Gasteiger partial charge in [-0.25, -0.2) is 4.57 Å². The lowest BCUT2D eigenvalue weighted by molar-refractivity contribution is 0.380. The summed E-state index contributed by atoms with van der Waals surface area (Å²) in [5.41, 5.74) is 1.10. The van der Waals surface area contributed by atoms with Crippen molar-refractivity contribution in [2.24, 2.45) is 0 Å². The van der Waals surface area contributed by atoms with Crippen molar-refractivity contribution in [2.75, 3.05) is 5.09 Å². The Bertz CT molecular complexity index is 773. The van der Waals surface area contributed by atoms with Gasteiger partial charge in [-0.1, -0.05) is 19.1 Å². The van der Waals surface area contributed by atoms with Crippen molar-refractivity contribution in [2.45, 2.75) is 25.7 Å². The molecule has 0 saturated heterocycles. The Kier molecular flexibility index (Phi) is 5.39. The molecule has 2 aromatic rings. The quantitative estimate of drug-likeness (QED) is 0.440. The maximum Gasteiger partial charge on any atom is 0.427 e. The first-order chi connectivity index (χ1) is 11.2. The summed E-state index contributed by atoms with van der Waals surface area (Å²) in [6, 6.07) is 8.98. The van der Waals surface area contributed by atoms with E-state index in [0.717, 1.165) is 17.7 Å². The lowest BCUT2D eigenvalue weighted by Gasteiger charge is -2.20. The van der Waals surface area contributed by atoms with E-state index in [2.05, 4.69) is 0 Å². The Labute approximate surface area is 139 Å². The number of hydrogen-bond donors (Lipinski definition) is 6. The Morgan fingerprint density at radius 3 is 2.38 bits per heavy atom. The fraction of sp³-hybridized carbons (Fsp3) is 0.250. The van der Waals surface area contributed by atoms with Gasteiger partial charge in [-0.05, 0) is 36.5 Å². The van der Waals surface area contributed by atoms with Gasteiger partial charge in [-0.2, -0.15) is 0 Å². The normalized spacial score (nSPS) is 12.8. The molecule has 24 heavy (non-hydrogen) atoms. The van der Waals surface area contributed by atoms with Crippen molar-refractivity contribution in [3.05, 3.63) is 47.5 Å². The molecule has 0 aromatic heterocycles. The summed E-state index contributed by atoms with van der Waals surface area (Å²) in [6.07, 6.45) is 0.952. The Morgan fingerprint density at radius 1 is 1.08 bits per heavy atom. The average Bonchev–Trinajstić information content (AvgIpc) is 2.45. The summed E-state index contributed by atoms with van der Waals surface area (Å²) in [5, 5.41) is 31.3. The molecule has 2 rings (SSSR count). The van der Waals surface area contributed by atoms with Crippen LogP contribution in [0.4, 0.5) is 5.69 Å². The molecule has 0 amide bonds. The molecule has 0 spiro atoms. The van der Waals surface area contributed by atoms with Gasteiger partial charge < -0.3 is 25.1 Å². The van der Waals surface area contributed by atoms with Crippen molar-refractivity contribution in [1.29, 1.82) is 0 Å². The second-order valence-corrected chi connectivity index (χ2v) is 6.86. The highest BCUT2D eigenvalue weighted by molar-refractivity contribution is 7.53. The summed E-state index contributed by atoms with van der Waals surface area (Å²) < 4.78 is 11.2. The van der Waals surface area contributed by atoms with Crippen LogP contribution in [0, 0.1) is 0 Å². The summed E-state index contributed by atoms with van der Waals surface area (Å²) in [5.74, 6) is -0.540. The summed E-state index contributed by atoms with van der Waals surface area (Å²) in [4.78, 5) is 18.3. The minimum Gasteiger partial charge on any atom is -0.508 e. The predicted molar refractivity (Wildman–Crippen MR) is 90.3 cm³/mol. The zero-order chi connectivity index (χ0) is 17.9. The van der Waals surface area contributed by atoms with E-state index in [1.54, 1.807) is 18.2 Å². The number of phenols is 3. The van der Waals surface area contributed by atoms with Crippen LogP contribution in [0.2, 0.25) is 0 Å². The van der Waals surface area contributed by atoms with E-state index < -0.39 is 7.75 Å². The minimum atomic E-state index is -4.60. The van der Waals surface area contributed by atoms with Gasteiger partial charge in [-0.15, -0.1) is 0 Å². The van der Waals surface area contributed by atoms with Gasteiger partial charge in [0, 0.05) is 17.7 Å². The van der Waals surface area contributed by atoms with Crippen molar-refractivity contribution in [3.63, 3.8) is 0 Å². The summed E-state index contributed by atoms with van der Waals surface area (Å²) >= 11 is 0. The Hall–Kier alpha value is -2.21. The molecule has 2 aromatic carbocycles. The molecule has 7 nitrogen and oxygen atoms in total. The fourth-order valence-corrected chi connectivity index (χ4v) is 3.15. The predicted octanol–water partition coefficient (Wildman–Crippen LogP) is 3.04. The number of nitrogens with one attached hydrogen (secondary N) is 1. The van der Waals surface area contributed by atoms with Gasteiger partial charge in [0.2, 0.25) is 0 Å². The van der Waals surface area contributed by atoms with Crippen LogP contribution in [-0.4, -0.2) is 25.1 Å². The van der Waals surface area contributed by atoms with E-state index >= 15 is 0 Å². The molecular weight excluding hydrogens is 333 g/mol. The molecule has 0 heterocycles. The number of hydrogen-bond acceptors (Lipinski definition) is 4. The maximum absolute atomic E-state index is 11.2. The number of phenolic OH excluding ortho intramolecular Hbond substituents is 3. The van der Waals surface area contributed by atoms with Crippen LogP contribution in [0.3, 0.4) is 0 Å². The highest BCUT2D eigenvalue weighted by Crippen LogP contribution is 2.42. The zero-order valence-electron chi connectivity index (χ0n) is 13.0. The van der Waals surface area contributed by atoms with E-state index in [0.29, 0.717) is 6.42 Å². The topological polar surface area (TPSA) is 130 Å². The number of aromatic hydroxyl groups is 3. The average molecular weight is 353 g/mol. The van der Waals surface area contributed by atoms with E-state index in [1.165, 1.54) is 0 Å². The Morgan fingerprint density at radius 2 is 1.79 bits per heavy atom. The zero-order valence-corrected chi connectivity index (χ0v) is 13.9. The second-order valence-electron chi connectivity index (χ2n) is 5.55. The first-order valence-corrected chi connectivity index (χ1v) is 8.98. The number of anilines is 1. The third kappa shape index (κ3) is 4.64. The van der Waals surface area contributed by atoms with Crippen LogP contribution in [0.25, 0.3) is 0 Å². The lowest BCUT2D eigenvalue weighted by Crippen LogP contribution is -2.06. The van der Waals surface area contributed by atoms with Crippen LogP contribution in [0.5, 0.6) is 17.2 Å². The fourth-order valence-electron chi connectivity index (χ4n) is 2.64. The molecule has 0 aliphatic rings. The third-order valence-corrected chi connectivity index (χ3v) is 4.29. The Balaban J connectivity index is 2.41. The van der Waals surface area contributed by atoms with Crippen LogP contribution in [0.1, 0.15) is 30.4 Å². The van der Waals surface area contributed by atoms with Crippen molar-refractivity contribution < 1.29 is 29.7 Å². The van der Waals surface area contributed by atoms with E-state index in [1.807, 2.05) is 18.1 Å². The summed E-state index contributed by atoms with van der Waals surface area (Å²) in [6.45, 7) is 1.93. The molecule has 0 radical (unpaired) electrons. The first kappa shape index (κ1) is 18.1. The molecule has 6 N–H and O–H groups in total. The molecule has 0 fully saturated rings. The smallest absolute Gasteiger partial charge is 0.427 e. The van der Waals surface area contributed by atoms with E-state index in [9.17, 15) is 19.9 Å². The van der Waals surface area contributed by atoms with Gasteiger partial charge in [0.1, 0.15) is 17.2 Å². The maximum atomic E-state index is 11.2. The largest absolute Gasteiger partial charge is 0.508 e. The number of rotatable bonds is 6. The van der Waals surface area contributed by atoms with Crippen molar-refractivity contribution >= 4 is 13.4 Å². The standard InChI is InChI=1S/C16H20NO6P/c1-2-10(11-4-3-5-12(18)6-11)7-14-15(17-24(21,22)23)8-13(19)9-16(14)20/h3-6,8-10,18-20H,2,7H2,1H3,(H3,17,21,22,23). The number of benzene rings is 2.